The Morgan fingerprint density at radius 2 is 1.36 bits per heavy atom. The van der Waals surface area contributed by atoms with Crippen LogP contribution in [0.15, 0.2) is 72.8 Å². The molecule has 0 aliphatic heterocycles. The fourth-order valence-electron chi connectivity index (χ4n) is 3.29. The van der Waals surface area contributed by atoms with Gasteiger partial charge in [0.15, 0.2) is 0 Å². The minimum absolute atomic E-state index is 0.141. The van der Waals surface area contributed by atoms with Crippen molar-refractivity contribution in [1.82, 2.24) is 4.90 Å². The molecule has 2 unspecified atom stereocenters. The van der Waals surface area contributed by atoms with Gasteiger partial charge in [-0.3, -0.25) is 9.69 Å². The van der Waals surface area contributed by atoms with E-state index in [9.17, 15) is 15.0 Å². The maximum atomic E-state index is 11.3. The zero-order valence-corrected chi connectivity index (χ0v) is 19.2. The van der Waals surface area contributed by atoms with Crippen LogP contribution >= 0.6 is 11.3 Å². The lowest BCUT2D eigenvalue weighted by molar-refractivity contribution is 0.0318. The van der Waals surface area contributed by atoms with Crippen molar-refractivity contribution in [2.45, 2.75) is 18.6 Å². The number of amides is 1. The fourth-order valence-corrected chi connectivity index (χ4v) is 4.14. The van der Waals surface area contributed by atoms with Gasteiger partial charge in [-0.25, -0.2) is 0 Å². The van der Waals surface area contributed by atoms with Crippen molar-refractivity contribution in [3.8, 4) is 11.5 Å². The summed E-state index contributed by atoms with van der Waals surface area (Å²) in [5.74, 6) is 0.944. The number of hydrogen-bond acceptors (Lipinski definition) is 7. The van der Waals surface area contributed by atoms with Gasteiger partial charge in [-0.1, -0.05) is 36.4 Å². The molecule has 3 rings (SSSR count). The van der Waals surface area contributed by atoms with E-state index in [1.54, 1.807) is 6.07 Å². The Balaban J connectivity index is 1.54. The quantitative estimate of drug-likeness (QED) is 0.334. The predicted octanol–water partition coefficient (Wildman–Crippen LogP) is 2.57. The maximum Gasteiger partial charge on any atom is 0.258 e. The molecule has 0 radical (unpaired) electrons. The second kappa shape index (κ2) is 13.0. The average Bonchev–Trinajstić information content (AvgIpc) is 3.31. The molecule has 1 heterocycles. The van der Waals surface area contributed by atoms with Crippen molar-refractivity contribution < 1.29 is 24.5 Å². The predicted molar refractivity (Wildman–Crippen MR) is 129 cm³/mol. The molecule has 4 N–H and O–H groups in total. The highest BCUT2D eigenvalue weighted by Crippen LogP contribution is 2.17. The largest absolute Gasteiger partial charge is 0.491 e. The number of hydrogen-bond donors (Lipinski definition) is 3. The molecule has 176 valence electrons. The highest BCUT2D eigenvalue weighted by molar-refractivity contribution is 7.14. The molecule has 7 nitrogen and oxygen atoms in total. The molecule has 0 aliphatic carbocycles. The van der Waals surface area contributed by atoms with Gasteiger partial charge >= 0.3 is 0 Å². The second-order valence-electron chi connectivity index (χ2n) is 7.70. The number of aliphatic hydroxyl groups excluding tert-OH is 2. The second-order valence-corrected chi connectivity index (χ2v) is 8.86. The van der Waals surface area contributed by atoms with Gasteiger partial charge in [0.1, 0.15) is 36.9 Å². The molecule has 33 heavy (non-hydrogen) atoms. The molecule has 0 aliphatic rings. The van der Waals surface area contributed by atoms with Crippen molar-refractivity contribution in [2.75, 3.05) is 32.8 Å². The van der Waals surface area contributed by atoms with E-state index in [1.807, 2.05) is 71.6 Å². The summed E-state index contributed by atoms with van der Waals surface area (Å²) in [6, 6.07) is 22.2. The maximum absolute atomic E-state index is 11.3. The highest BCUT2D eigenvalue weighted by atomic mass is 32.1. The minimum atomic E-state index is -0.739. The fraction of sp³-hybridized carbons (Fsp3) is 0.320. The first-order valence-electron chi connectivity index (χ1n) is 10.8. The number of thiophene rings is 1. The SMILES string of the molecule is NC(=O)c1ccc(CCN(CC(O)COc2ccccc2)CC(O)COc2ccccc2)s1. The van der Waals surface area contributed by atoms with Crippen molar-refractivity contribution in [1.29, 1.82) is 0 Å². The molecule has 0 saturated carbocycles. The third-order valence-electron chi connectivity index (χ3n) is 4.89. The monoisotopic (exact) mass is 470 g/mol. The number of aliphatic hydroxyl groups is 2. The van der Waals surface area contributed by atoms with Crippen LogP contribution in [0, 0.1) is 0 Å². The van der Waals surface area contributed by atoms with Crippen LogP contribution in [0.5, 0.6) is 11.5 Å². The van der Waals surface area contributed by atoms with Gasteiger partial charge in [0.2, 0.25) is 0 Å². The van der Waals surface area contributed by atoms with Crippen LogP contribution in [-0.2, 0) is 6.42 Å². The first kappa shape index (κ1) is 24.7. The molecule has 0 saturated heterocycles. The third kappa shape index (κ3) is 8.86. The van der Waals surface area contributed by atoms with E-state index in [1.165, 1.54) is 11.3 Å². The van der Waals surface area contributed by atoms with Gasteiger partial charge < -0.3 is 25.4 Å². The number of ether oxygens (including phenoxy) is 2. The van der Waals surface area contributed by atoms with Crippen LogP contribution in [-0.4, -0.2) is 66.1 Å². The van der Waals surface area contributed by atoms with Gasteiger partial charge in [0.05, 0.1) is 4.88 Å². The number of nitrogens with two attached hydrogens (primary N) is 1. The first-order valence-corrected chi connectivity index (χ1v) is 11.6. The van der Waals surface area contributed by atoms with E-state index in [0.29, 0.717) is 42.4 Å². The molecule has 0 bridgehead atoms. The standard InChI is InChI=1S/C25H30N2O5S/c26-25(30)24-12-11-23(33-24)13-14-27(15-19(28)17-31-21-7-3-1-4-8-21)16-20(29)18-32-22-9-5-2-6-10-22/h1-12,19-20,28-29H,13-18H2,(H2,26,30). The lowest BCUT2D eigenvalue weighted by atomic mass is 10.2. The zero-order valence-electron chi connectivity index (χ0n) is 18.4. The van der Waals surface area contributed by atoms with Crippen LogP contribution < -0.4 is 15.2 Å². The number of para-hydroxylation sites is 2. The Hall–Kier alpha value is -2.91. The van der Waals surface area contributed by atoms with Crippen molar-refractivity contribution in [2.24, 2.45) is 5.73 Å². The number of nitrogens with zero attached hydrogens (tertiary/aromatic N) is 1. The van der Waals surface area contributed by atoms with Gasteiger partial charge in [-0.05, 0) is 42.8 Å². The summed E-state index contributed by atoms with van der Waals surface area (Å²) in [5, 5.41) is 21.1. The van der Waals surface area contributed by atoms with E-state index in [2.05, 4.69) is 0 Å². The topological polar surface area (TPSA) is 105 Å². The summed E-state index contributed by atoms with van der Waals surface area (Å²) in [4.78, 5) is 14.9. The van der Waals surface area contributed by atoms with E-state index in [0.717, 1.165) is 4.88 Å². The summed E-state index contributed by atoms with van der Waals surface area (Å²) < 4.78 is 11.3. The molecule has 1 amide bonds. The van der Waals surface area contributed by atoms with Gasteiger partial charge in [-0.15, -0.1) is 11.3 Å². The summed E-state index contributed by atoms with van der Waals surface area (Å²) >= 11 is 1.36. The van der Waals surface area contributed by atoms with Crippen molar-refractivity contribution in [3.63, 3.8) is 0 Å². The van der Waals surface area contributed by atoms with Gasteiger partial charge in [-0.2, -0.15) is 0 Å². The molecular weight excluding hydrogens is 440 g/mol. The van der Waals surface area contributed by atoms with E-state index in [4.69, 9.17) is 15.2 Å². The van der Waals surface area contributed by atoms with E-state index >= 15 is 0 Å². The molecule has 1 aromatic heterocycles. The normalized spacial score (nSPS) is 12.9. The lowest BCUT2D eigenvalue weighted by Crippen LogP contribution is -2.42. The molecule has 3 aromatic rings. The number of carbonyl (C=O) groups is 1. The Kier molecular flexibility index (Phi) is 9.71. The van der Waals surface area contributed by atoms with Gasteiger partial charge in [0, 0.05) is 24.5 Å². The van der Waals surface area contributed by atoms with E-state index in [-0.39, 0.29) is 13.2 Å². The Labute approximate surface area is 198 Å². The third-order valence-corrected chi connectivity index (χ3v) is 6.05. The Bertz CT molecular complexity index is 916. The van der Waals surface area contributed by atoms with Crippen LogP contribution in [0.4, 0.5) is 0 Å². The summed E-state index contributed by atoms with van der Waals surface area (Å²) in [5.41, 5.74) is 5.34. The number of rotatable bonds is 14. The Morgan fingerprint density at radius 3 is 1.82 bits per heavy atom. The van der Waals surface area contributed by atoms with E-state index < -0.39 is 18.1 Å². The van der Waals surface area contributed by atoms with Crippen LogP contribution in [0.25, 0.3) is 0 Å². The van der Waals surface area contributed by atoms with Gasteiger partial charge in [0.25, 0.3) is 5.91 Å². The minimum Gasteiger partial charge on any atom is -0.491 e. The molecule has 0 spiro atoms. The van der Waals surface area contributed by atoms with Crippen molar-refractivity contribution in [3.05, 3.63) is 82.6 Å². The number of primary amides is 1. The average molecular weight is 471 g/mol. The number of benzene rings is 2. The molecule has 0 fully saturated rings. The summed E-state index contributed by atoms with van der Waals surface area (Å²) in [6.45, 7) is 1.51. The first-order chi connectivity index (χ1) is 16.0. The van der Waals surface area contributed by atoms with Crippen LogP contribution in [0.1, 0.15) is 14.5 Å². The zero-order chi connectivity index (χ0) is 23.5. The summed E-state index contributed by atoms with van der Waals surface area (Å²) in [6.07, 6.45) is -0.815. The van der Waals surface area contributed by atoms with Crippen LogP contribution in [0.3, 0.4) is 0 Å². The summed E-state index contributed by atoms with van der Waals surface area (Å²) in [7, 11) is 0. The Morgan fingerprint density at radius 1 is 0.848 bits per heavy atom. The molecular formula is C25H30N2O5S. The lowest BCUT2D eigenvalue weighted by Gasteiger charge is -2.27. The molecule has 8 heteroatoms. The highest BCUT2D eigenvalue weighted by Gasteiger charge is 2.18. The smallest absolute Gasteiger partial charge is 0.258 e. The molecule has 2 aromatic carbocycles. The van der Waals surface area contributed by atoms with Crippen LogP contribution in [0.2, 0.25) is 0 Å². The number of carbonyl (C=O) groups excluding carboxylic acids is 1. The molecule has 2 atom stereocenters. The van der Waals surface area contributed by atoms with Crippen molar-refractivity contribution >= 4 is 17.2 Å².